The van der Waals surface area contributed by atoms with Crippen molar-refractivity contribution in [2.24, 2.45) is 5.92 Å². The SMILES string of the molecule is C=C(CC[C@]12O[C@H](C(=O)O)[C@@](O)(C(=O)O)[C@](C(=O)O)(O1)C(O)[C@H]2O)[C@H](OC(C)=O)[C@H](C)Cc1ccccc1. The summed E-state index contributed by atoms with van der Waals surface area (Å²) >= 11 is 0. The fraction of sp³-hybridized carbons (Fsp3) is 0.520. The maximum Gasteiger partial charge on any atom is 0.343 e. The van der Waals surface area contributed by atoms with Gasteiger partial charge in [0, 0.05) is 19.3 Å². The molecule has 6 N–H and O–H groups in total. The number of carboxylic acid groups (broad SMARTS) is 3. The van der Waals surface area contributed by atoms with Crippen molar-refractivity contribution in [2.45, 2.75) is 74.5 Å². The Labute approximate surface area is 216 Å². The second-order valence-electron chi connectivity index (χ2n) is 9.61. The summed E-state index contributed by atoms with van der Waals surface area (Å²) in [6.07, 6.45) is -8.75. The normalized spacial score (nSPS) is 33.7. The monoisotopic (exact) mass is 538 g/mol. The predicted molar refractivity (Wildman–Crippen MR) is 125 cm³/mol. The molecule has 2 bridgehead atoms. The summed E-state index contributed by atoms with van der Waals surface area (Å²) in [6.45, 7) is 6.93. The van der Waals surface area contributed by atoms with Gasteiger partial charge < -0.3 is 44.8 Å². The molecule has 1 aromatic carbocycles. The molecule has 2 heterocycles. The molecule has 0 aromatic heterocycles. The topological polar surface area (TPSA) is 217 Å². The maximum absolute atomic E-state index is 12.2. The molecule has 1 aromatic rings. The number of hydrogen-bond donors (Lipinski definition) is 6. The van der Waals surface area contributed by atoms with Crippen molar-refractivity contribution in [3.63, 3.8) is 0 Å². The van der Waals surface area contributed by atoms with Crippen molar-refractivity contribution in [3.8, 4) is 0 Å². The van der Waals surface area contributed by atoms with Crippen molar-refractivity contribution >= 4 is 23.9 Å². The van der Waals surface area contributed by atoms with Gasteiger partial charge in [-0.2, -0.15) is 0 Å². The van der Waals surface area contributed by atoms with Crippen molar-refractivity contribution in [1.82, 2.24) is 0 Å². The number of carbonyl (C=O) groups is 4. The summed E-state index contributed by atoms with van der Waals surface area (Å²) in [6, 6.07) is 9.28. The molecule has 38 heavy (non-hydrogen) atoms. The van der Waals surface area contributed by atoms with E-state index < -0.39 is 71.7 Å². The van der Waals surface area contributed by atoms with E-state index in [0.717, 1.165) is 5.56 Å². The van der Waals surface area contributed by atoms with Gasteiger partial charge >= 0.3 is 23.9 Å². The largest absolute Gasteiger partial charge is 0.479 e. The number of carbonyl (C=O) groups excluding carboxylic acids is 1. The van der Waals surface area contributed by atoms with Crippen LogP contribution in [0, 0.1) is 5.92 Å². The van der Waals surface area contributed by atoms with E-state index in [2.05, 4.69) is 6.58 Å². The van der Waals surface area contributed by atoms with Gasteiger partial charge in [0.2, 0.25) is 17.3 Å². The molecule has 1 unspecified atom stereocenters. The van der Waals surface area contributed by atoms with Crippen molar-refractivity contribution in [2.75, 3.05) is 0 Å². The van der Waals surface area contributed by atoms with E-state index in [4.69, 9.17) is 14.2 Å². The lowest BCUT2D eigenvalue weighted by Crippen LogP contribution is -2.77. The smallest absolute Gasteiger partial charge is 0.343 e. The minimum atomic E-state index is -3.81. The molecule has 0 aliphatic carbocycles. The average molecular weight is 539 g/mol. The fourth-order valence-electron chi connectivity index (χ4n) is 5.17. The third-order valence-corrected chi connectivity index (χ3v) is 7.04. The Balaban J connectivity index is 1.93. The number of carboxylic acids is 3. The molecule has 2 aliphatic heterocycles. The summed E-state index contributed by atoms with van der Waals surface area (Å²) in [5.74, 6) is -10.1. The van der Waals surface area contributed by atoms with E-state index in [1.54, 1.807) is 6.92 Å². The molecular formula is C25H30O13. The van der Waals surface area contributed by atoms with E-state index in [9.17, 15) is 49.8 Å². The summed E-state index contributed by atoms with van der Waals surface area (Å²) in [5.41, 5.74) is -6.09. The second-order valence-corrected chi connectivity index (χ2v) is 9.61. The molecule has 2 saturated heterocycles. The number of esters is 1. The van der Waals surface area contributed by atoms with Crippen LogP contribution in [0.2, 0.25) is 0 Å². The van der Waals surface area contributed by atoms with Crippen molar-refractivity contribution < 1.29 is 64.0 Å². The van der Waals surface area contributed by atoms with E-state index in [0.29, 0.717) is 6.42 Å². The minimum absolute atomic E-state index is 0.200. The predicted octanol–water partition coefficient (Wildman–Crippen LogP) is -0.296. The van der Waals surface area contributed by atoms with Gasteiger partial charge in [-0.05, 0) is 24.0 Å². The zero-order valence-electron chi connectivity index (χ0n) is 20.6. The van der Waals surface area contributed by atoms with Crippen molar-refractivity contribution in [1.29, 1.82) is 0 Å². The highest BCUT2D eigenvalue weighted by molar-refractivity contribution is 5.97. The van der Waals surface area contributed by atoms with Crippen LogP contribution in [0.5, 0.6) is 0 Å². The molecule has 208 valence electrons. The maximum atomic E-state index is 12.2. The summed E-state index contributed by atoms with van der Waals surface area (Å²) in [4.78, 5) is 47.9. The molecule has 8 atom stereocenters. The first-order valence-electron chi connectivity index (χ1n) is 11.7. The number of ether oxygens (including phenoxy) is 3. The zero-order valence-corrected chi connectivity index (χ0v) is 20.6. The quantitative estimate of drug-likeness (QED) is 0.158. The number of rotatable bonds is 11. The Morgan fingerprint density at radius 2 is 1.66 bits per heavy atom. The lowest BCUT2D eigenvalue weighted by molar-refractivity contribution is -0.374. The Morgan fingerprint density at radius 3 is 2.16 bits per heavy atom. The van der Waals surface area contributed by atoms with Gasteiger partial charge in [0.25, 0.3) is 0 Å². The molecule has 0 spiro atoms. The average Bonchev–Trinajstić information content (AvgIpc) is 3.04. The van der Waals surface area contributed by atoms with Crippen LogP contribution in [-0.4, -0.2) is 95.9 Å². The van der Waals surface area contributed by atoms with Crippen LogP contribution in [0.15, 0.2) is 42.5 Å². The van der Waals surface area contributed by atoms with E-state index in [-0.39, 0.29) is 17.9 Å². The molecule has 2 aliphatic rings. The molecule has 13 heteroatoms. The zero-order chi connectivity index (χ0) is 28.6. The summed E-state index contributed by atoms with van der Waals surface area (Å²) in [7, 11) is 0. The van der Waals surface area contributed by atoms with Crippen LogP contribution in [0.25, 0.3) is 0 Å². The minimum Gasteiger partial charge on any atom is -0.479 e. The number of aliphatic carboxylic acids is 3. The van der Waals surface area contributed by atoms with Crippen molar-refractivity contribution in [3.05, 3.63) is 48.0 Å². The van der Waals surface area contributed by atoms with Crippen LogP contribution in [-0.2, 0) is 39.8 Å². The first-order valence-corrected chi connectivity index (χ1v) is 11.7. The van der Waals surface area contributed by atoms with Gasteiger partial charge in [0.1, 0.15) is 18.3 Å². The Hall–Kier alpha value is -3.36. The van der Waals surface area contributed by atoms with Crippen LogP contribution < -0.4 is 0 Å². The van der Waals surface area contributed by atoms with Gasteiger partial charge in [0.15, 0.2) is 5.79 Å². The highest BCUT2D eigenvalue weighted by Gasteiger charge is 2.84. The van der Waals surface area contributed by atoms with Gasteiger partial charge in [-0.1, -0.05) is 43.8 Å². The molecular weight excluding hydrogens is 508 g/mol. The summed E-state index contributed by atoms with van der Waals surface area (Å²) < 4.78 is 16.0. The first-order chi connectivity index (χ1) is 17.6. The third kappa shape index (κ3) is 4.56. The number of aliphatic hydroxyl groups excluding tert-OH is 2. The van der Waals surface area contributed by atoms with E-state index >= 15 is 0 Å². The molecule has 13 nitrogen and oxygen atoms in total. The molecule has 0 amide bonds. The molecule has 2 fully saturated rings. The standard InChI is InChI=1S/C25H30O13/c1-12(16(36-14(3)26)13(2)11-15-7-5-4-6-8-15)9-10-23-17(27)18(28)25(38-23,22(33)34)24(35,21(31)32)19(37-23)20(29)30/h4-8,13,16-19,27-28,35H,1,9-11H2,2-3H3,(H,29,30)(H,31,32)(H,33,34)/t13-,16+,17-,18?,19-,23+,24-,25+/m1/s1. The number of fused-ring (bicyclic) bond motifs is 2. The Bertz CT molecular complexity index is 1120. The molecule has 3 rings (SSSR count). The molecule has 0 saturated carbocycles. The Morgan fingerprint density at radius 1 is 1.05 bits per heavy atom. The number of benzene rings is 1. The van der Waals surface area contributed by atoms with Crippen LogP contribution >= 0.6 is 0 Å². The van der Waals surface area contributed by atoms with Crippen LogP contribution in [0.4, 0.5) is 0 Å². The Kier molecular flexibility index (Phi) is 8.01. The number of aliphatic hydroxyl groups is 3. The third-order valence-electron chi connectivity index (χ3n) is 7.04. The fourth-order valence-corrected chi connectivity index (χ4v) is 5.17. The number of hydrogen-bond acceptors (Lipinski definition) is 10. The van der Waals surface area contributed by atoms with E-state index in [1.807, 2.05) is 30.3 Å². The summed E-state index contributed by atoms with van der Waals surface area (Å²) in [5, 5.41) is 61.3. The highest BCUT2D eigenvalue weighted by Crippen LogP contribution is 2.54. The lowest BCUT2D eigenvalue weighted by Gasteiger charge is -2.48. The van der Waals surface area contributed by atoms with E-state index in [1.165, 1.54) is 6.92 Å². The first kappa shape index (κ1) is 29.2. The van der Waals surface area contributed by atoms with Gasteiger partial charge in [-0.15, -0.1) is 0 Å². The van der Waals surface area contributed by atoms with Gasteiger partial charge in [-0.25, -0.2) is 14.4 Å². The van der Waals surface area contributed by atoms with Gasteiger partial charge in [0.05, 0.1) is 0 Å². The second kappa shape index (κ2) is 10.4. The molecule has 0 radical (unpaired) electrons. The lowest BCUT2D eigenvalue weighted by atomic mass is 9.74. The van der Waals surface area contributed by atoms with Crippen LogP contribution in [0.3, 0.4) is 0 Å². The van der Waals surface area contributed by atoms with Gasteiger partial charge in [-0.3, -0.25) is 4.79 Å². The highest BCUT2D eigenvalue weighted by atomic mass is 16.8. The van der Waals surface area contributed by atoms with Crippen LogP contribution in [0.1, 0.15) is 32.3 Å².